The summed E-state index contributed by atoms with van der Waals surface area (Å²) in [6.07, 6.45) is -2.47. The standard InChI is InChI=1S/C13H13F3N2O2/c14-13(15,16)8-2-1-5-17-10(8)11(20)18-6-9(19)12(7-18)3-4-12/h1-2,5,9,19H,3-4,6-7H2. The van der Waals surface area contributed by atoms with Gasteiger partial charge in [-0.05, 0) is 25.0 Å². The highest BCUT2D eigenvalue weighted by Gasteiger charge is 2.56. The third-order valence-electron chi connectivity index (χ3n) is 4.10. The van der Waals surface area contributed by atoms with Gasteiger partial charge in [0.15, 0.2) is 0 Å². The Labute approximate surface area is 113 Å². The number of pyridine rings is 1. The van der Waals surface area contributed by atoms with E-state index >= 15 is 0 Å². The number of hydrogen-bond donors (Lipinski definition) is 1. The van der Waals surface area contributed by atoms with E-state index in [1.807, 2.05) is 0 Å². The summed E-state index contributed by atoms with van der Waals surface area (Å²) in [7, 11) is 0. The van der Waals surface area contributed by atoms with Gasteiger partial charge in [0.1, 0.15) is 5.69 Å². The number of carbonyl (C=O) groups is 1. The Bertz CT molecular complexity index is 555. The number of alkyl halides is 3. The lowest BCUT2D eigenvalue weighted by molar-refractivity contribution is -0.138. The Morgan fingerprint density at radius 3 is 2.70 bits per heavy atom. The molecule has 7 heteroatoms. The van der Waals surface area contributed by atoms with Crippen LogP contribution in [-0.2, 0) is 6.18 Å². The monoisotopic (exact) mass is 286 g/mol. The third kappa shape index (κ3) is 2.06. The number of amides is 1. The fraction of sp³-hybridized carbons (Fsp3) is 0.538. The Morgan fingerprint density at radius 1 is 1.45 bits per heavy atom. The van der Waals surface area contributed by atoms with Crippen molar-refractivity contribution in [3.63, 3.8) is 0 Å². The van der Waals surface area contributed by atoms with E-state index in [2.05, 4.69) is 4.98 Å². The van der Waals surface area contributed by atoms with Gasteiger partial charge in [0.05, 0.1) is 11.7 Å². The van der Waals surface area contributed by atoms with E-state index in [4.69, 9.17) is 0 Å². The number of rotatable bonds is 1. The van der Waals surface area contributed by atoms with Crippen LogP contribution in [0.5, 0.6) is 0 Å². The second-order valence-electron chi connectivity index (χ2n) is 5.46. The van der Waals surface area contributed by atoms with Crippen molar-refractivity contribution in [3.05, 3.63) is 29.6 Å². The van der Waals surface area contributed by atoms with Crippen molar-refractivity contribution in [2.45, 2.75) is 25.1 Å². The van der Waals surface area contributed by atoms with Crippen LogP contribution in [0.15, 0.2) is 18.3 Å². The van der Waals surface area contributed by atoms with E-state index < -0.39 is 29.4 Å². The first-order chi connectivity index (χ1) is 9.33. The largest absolute Gasteiger partial charge is 0.418 e. The van der Waals surface area contributed by atoms with Gasteiger partial charge < -0.3 is 10.0 Å². The fourth-order valence-corrected chi connectivity index (χ4v) is 2.71. The van der Waals surface area contributed by atoms with Gasteiger partial charge in [-0.25, -0.2) is 0 Å². The lowest BCUT2D eigenvalue weighted by atomic mass is 10.0. The quantitative estimate of drug-likeness (QED) is 0.855. The van der Waals surface area contributed by atoms with Crippen LogP contribution >= 0.6 is 0 Å². The van der Waals surface area contributed by atoms with Crippen LogP contribution in [0.4, 0.5) is 13.2 Å². The first-order valence-corrected chi connectivity index (χ1v) is 6.33. The molecule has 1 saturated heterocycles. The first-order valence-electron chi connectivity index (χ1n) is 6.33. The molecule has 1 unspecified atom stereocenters. The smallest absolute Gasteiger partial charge is 0.391 e. The molecule has 1 spiro atoms. The van der Waals surface area contributed by atoms with Crippen LogP contribution in [0.1, 0.15) is 28.9 Å². The van der Waals surface area contributed by atoms with Crippen LogP contribution in [0.25, 0.3) is 0 Å². The summed E-state index contributed by atoms with van der Waals surface area (Å²) >= 11 is 0. The number of nitrogens with zero attached hydrogens (tertiary/aromatic N) is 2. The minimum atomic E-state index is -4.62. The van der Waals surface area contributed by atoms with Crippen molar-refractivity contribution in [1.82, 2.24) is 9.88 Å². The molecule has 2 fully saturated rings. The zero-order chi connectivity index (χ0) is 14.5. The highest BCUT2D eigenvalue weighted by Crippen LogP contribution is 2.53. The Hall–Kier alpha value is -1.63. The van der Waals surface area contributed by atoms with Crippen molar-refractivity contribution in [2.24, 2.45) is 5.41 Å². The highest BCUT2D eigenvalue weighted by atomic mass is 19.4. The maximum Gasteiger partial charge on any atom is 0.418 e. The van der Waals surface area contributed by atoms with E-state index in [1.165, 1.54) is 11.1 Å². The Kier molecular flexibility index (Phi) is 2.79. The number of hydrogen-bond acceptors (Lipinski definition) is 3. The summed E-state index contributed by atoms with van der Waals surface area (Å²) in [5, 5.41) is 9.88. The zero-order valence-electron chi connectivity index (χ0n) is 10.5. The zero-order valence-corrected chi connectivity index (χ0v) is 10.5. The van der Waals surface area contributed by atoms with Gasteiger partial charge in [-0.15, -0.1) is 0 Å². The molecule has 1 atom stereocenters. The lowest BCUT2D eigenvalue weighted by Crippen LogP contribution is -2.32. The van der Waals surface area contributed by atoms with Crippen molar-refractivity contribution in [1.29, 1.82) is 0 Å². The molecule has 0 radical (unpaired) electrons. The van der Waals surface area contributed by atoms with E-state index in [-0.39, 0.29) is 12.0 Å². The molecule has 1 aromatic heterocycles. The topological polar surface area (TPSA) is 53.4 Å². The maximum atomic E-state index is 12.9. The fourth-order valence-electron chi connectivity index (χ4n) is 2.71. The average molecular weight is 286 g/mol. The van der Waals surface area contributed by atoms with E-state index in [0.717, 1.165) is 25.0 Å². The number of aliphatic hydroxyl groups excluding tert-OH is 1. The Balaban J connectivity index is 1.89. The number of likely N-dealkylation sites (tertiary alicyclic amines) is 1. The molecule has 2 heterocycles. The summed E-state index contributed by atoms with van der Waals surface area (Å²) in [4.78, 5) is 17.1. The molecule has 1 saturated carbocycles. The minimum absolute atomic E-state index is 0.0761. The first kappa shape index (κ1) is 13.4. The second-order valence-corrected chi connectivity index (χ2v) is 5.46. The number of carbonyl (C=O) groups excluding carboxylic acids is 1. The molecule has 1 aliphatic heterocycles. The Morgan fingerprint density at radius 2 is 2.15 bits per heavy atom. The van der Waals surface area contributed by atoms with Crippen molar-refractivity contribution < 1.29 is 23.1 Å². The van der Waals surface area contributed by atoms with Gasteiger partial charge in [0.25, 0.3) is 5.91 Å². The van der Waals surface area contributed by atoms with Gasteiger partial charge in [0.2, 0.25) is 0 Å². The van der Waals surface area contributed by atoms with Crippen molar-refractivity contribution >= 4 is 5.91 Å². The van der Waals surface area contributed by atoms with E-state index in [9.17, 15) is 23.1 Å². The van der Waals surface area contributed by atoms with Crippen LogP contribution in [-0.4, -0.2) is 40.1 Å². The SMILES string of the molecule is O=C(c1ncccc1C(F)(F)F)N1CC(O)C2(CC2)C1. The predicted molar refractivity (Wildman–Crippen MR) is 62.8 cm³/mol. The summed E-state index contributed by atoms with van der Waals surface area (Å²) in [5.41, 5.74) is -1.91. The number of aliphatic hydroxyl groups is 1. The number of aromatic nitrogens is 1. The molecule has 20 heavy (non-hydrogen) atoms. The summed E-state index contributed by atoms with van der Waals surface area (Å²) < 4.78 is 38.6. The number of β-amino-alcohol motifs (C(OH)–C–C–N with tert-alkyl or cyclic N) is 1. The molecule has 1 N–H and O–H groups in total. The molecule has 1 amide bonds. The van der Waals surface area contributed by atoms with Gasteiger partial charge >= 0.3 is 6.18 Å². The van der Waals surface area contributed by atoms with Crippen LogP contribution in [0, 0.1) is 5.41 Å². The molecule has 3 rings (SSSR count). The van der Waals surface area contributed by atoms with Gasteiger partial charge in [-0.2, -0.15) is 13.2 Å². The van der Waals surface area contributed by atoms with Gasteiger partial charge in [0, 0.05) is 24.7 Å². The minimum Gasteiger partial charge on any atom is -0.391 e. The summed E-state index contributed by atoms with van der Waals surface area (Å²) in [5.74, 6) is -0.763. The van der Waals surface area contributed by atoms with E-state index in [1.54, 1.807) is 0 Å². The number of halogens is 3. The molecule has 4 nitrogen and oxygen atoms in total. The summed E-state index contributed by atoms with van der Waals surface area (Å²) in [6, 6.07) is 2.00. The molecule has 2 aliphatic rings. The van der Waals surface area contributed by atoms with Gasteiger partial charge in [-0.1, -0.05) is 0 Å². The van der Waals surface area contributed by atoms with Crippen LogP contribution in [0.3, 0.4) is 0 Å². The molecule has 1 aromatic rings. The molecular formula is C13H13F3N2O2. The second kappa shape index (κ2) is 4.18. The van der Waals surface area contributed by atoms with Crippen molar-refractivity contribution in [3.8, 4) is 0 Å². The molecule has 0 aromatic carbocycles. The lowest BCUT2D eigenvalue weighted by Gasteiger charge is -2.18. The maximum absolute atomic E-state index is 12.9. The third-order valence-corrected chi connectivity index (χ3v) is 4.10. The highest BCUT2D eigenvalue weighted by molar-refractivity contribution is 5.94. The van der Waals surface area contributed by atoms with Crippen molar-refractivity contribution in [2.75, 3.05) is 13.1 Å². The summed E-state index contributed by atoms with van der Waals surface area (Å²) in [6.45, 7) is 0.383. The normalized spacial score (nSPS) is 24.2. The molecular weight excluding hydrogens is 273 g/mol. The molecule has 108 valence electrons. The van der Waals surface area contributed by atoms with E-state index in [0.29, 0.717) is 6.54 Å². The predicted octanol–water partition coefficient (Wildman–Crippen LogP) is 1.70. The van der Waals surface area contributed by atoms with Crippen LogP contribution in [0.2, 0.25) is 0 Å². The molecule has 0 bridgehead atoms. The van der Waals surface area contributed by atoms with Gasteiger partial charge in [-0.3, -0.25) is 9.78 Å². The molecule has 1 aliphatic carbocycles. The average Bonchev–Trinajstić information content (AvgIpc) is 3.09. The van der Waals surface area contributed by atoms with Crippen LogP contribution < -0.4 is 0 Å².